The van der Waals surface area contributed by atoms with Gasteiger partial charge >= 0.3 is 0 Å². The summed E-state index contributed by atoms with van der Waals surface area (Å²) in [6.07, 6.45) is 0.305. The third-order valence-corrected chi connectivity index (χ3v) is 5.66. The Bertz CT molecular complexity index is 918. The molecule has 0 aliphatic carbocycles. The fourth-order valence-corrected chi connectivity index (χ4v) is 3.72. The number of aryl methyl sites for hydroxylation is 1. The topological polar surface area (TPSA) is 42.4 Å². The van der Waals surface area contributed by atoms with E-state index in [1.165, 1.54) is 5.56 Å². The SMILES string of the molecule is COc1ccc(C(C)N(C)C(=O)Cc2csc(-c3cccc(C)c3)n2)cc1. The molecule has 140 valence electrons. The highest BCUT2D eigenvalue weighted by atomic mass is 32.1. The average molecular weight is 381 g/mol. The molecule has 0 saturated heterocycles. The number of carbonyl (C=O) groups excluding carboxylic acids is 1. The first-order valence-electron chi connectivity index (χ1n) is 8.89. The number of carbonyl (C=O) groups is 1. The average Bonchev–Trinajstić information content (AvgIpc) is 3.15. The van der Waals surface area contributed by atoms with Crippen molar-refractivity contribution >= 4 is 17.2 Å². The summed E-state index contributed by atoms with van der Waals surface area (Å²) in [6, 6.07) is 16.1. The van der Waals surface area contributed by atoms with Crippen LogP contribution in [0.4, 0.5) is 0 Å². The number of nitrogens with zero attached hydrogens (tertiary/aromatic N) is 2. The standard InChI is InChI=1S/C22H24N2O2S/c1-15-6-5-7-18(12-15)22-23-19(14-27-22)13-21(25)24(3)16(2)17-8-10-20(26-4)11-9-17/h5-12,14,16H,13H2,1-4H3. The molecule has 0 bridgehead atoms. The van der Waals surface area contributed by atoms with Gasteiger partial charge in [-0.05, 0) is 37.6 Å². The number of methoxy groups -OCH3 is 1. The number of hydrogen-bond donors (Lipinski definition) is 0. The summed E-state index contributed by atoms with van der Waals surface area (Å²) in [4.78, 5) is 19.1. The number of ether oxygens (including phenoxy) is 1. The highest BCUT2D eigenvalue weighted by Crippen LogP contribution is 2.26. The highest BCUT2D eigenvalue weighted by Gasteiger charge is 2.19. The van der Waals surface area contributed by atoms with E-state index in [4.69, 9.17) is 4.74 Å². The maximum atomic E-state index is 12.7. The van der Waals surface area contributed by atoms with Gasteiger partial charge in [-0.3, -0.25) is 4.79 Å². The Balaban J connectivity index is 1.67. The molecular weight excluding hydrogens is 356 g/mol. The van der Waals surface area contributed by atoms with Gasteiger partial charge in [0.15, 0.2) is 0 Å². The summed E-state index contributed by atoms with van der Waals surface area (Å²) in [5.41, 5.74) is 4.19. The third kappa shape index (κ3) is 4.55. The smallest absolute Gasteiger partial charge is 0.228 e. The molecule has 1 amide bonds. The molecule has 2 aromatic carbocycles. The van der Waals surface area contributed by atoms with Crippen molar-refractivity contribution < 1.29 is 9.53 Å². The largest absolute Gasteiger partial charge is 0.497 e. The van der Waals surface area contributed by atoms with Crippen LogP contribution in [0, 0.1) is 6.92 Å². The van der Waals surface area contributed by atoms with Gasteiger partial charge in [0.2, 0.25) is 5.91 Å². The molecule has 0 fully saturated rings. The summed E-state index contributed by atoms with van der Waals surface area (Å²) in [5, 5.41) is 2.92. The minimum absolute atomic E-state index is 0.0155. The maximum Gasteiger partial charge on any atom is 0.228 e. The van der Waals surface area contributed by atoms with Crippen molar-refractivity contribution in [3.8, 4) is 16.3 Å². The Hall–Kier alpha value is -2.66. The zero-order valence-corrected chi connectivity index (χ0v) is 16.9. The molecule has 0 saturated carbocycles. The van der Waals surface area contributed by atoms with E-state index in [1.54, 1.807) is 23.3 Å². The molecule has 5 heteroatoms. The van der Waals surface area contributed by atoms with Crippen LogP contribution < -0.4 is 4.74 Å². The molecule has 1 atom stereocenters. The Morgan fingerprint density at radius 3 is 2.63 bits per heavy atom. The summed E-state index contributed by atoms with van der Waals surface area (Å²) >= 11 is 1.58. The maximum absolute atomic E-state index is 12.7. The monoisotopic (exact) mass is 380 g/mol. The van der Waals surface area contributed by atoms with Gasteiger partial charge in [-0.15, -0.1) is 11.3 Å². The molecule has 1 heterocycles. The van der Waals surface area contributed by atoms with Crippen LogP contribution in [0.25, 0.3) is 10.6 Å². The molecule has 4 nitrogen and oxygen atoms in total. The van der Waals surface area contributed by atoms with Crippen LogP contribution in [0.5, 0.6) is 5.75 Å². The fourth-order valence-electron chi connectivity index (χ4n) is 2.90. The molecule has 27 heavy (non-hydrogen) atoms. The summed E-state index contributed by atoms with van der Waals surface area (Å²) in [6.45, 7) is 4.09. The number of rotatable bonds is 6. The van der Waals surface area contributed by atoms with Gasteiger partial charge in [0.05, 0.1) is 25.3 Å². The third-order valence-electron chi connectivity index (χ3n) is 4.72. The van der Waals surface area contributed by atoms with E-state index in [1.807, 2.05) is 49.7 Å². The Labute approximate surface area is 164 Å². The zero-order chi connectivity index (χ0) is 19.4. The van der Waals surface area contributed by atoms with Gasteiger partial charge in [0.25, 0.3) is 0 Å². The lowest BCUT2D eigenvalue weighted by Gasteiger charge is -2.25. The minimum atomic E-state index is -0.0155. The molecule has 3 aromatic rings. The van der Waals surface area contributed by atoms with Gasteiger partial charge in [-0.2, -0.15) is 0 Å². The van der Waals surface area contributed by atoms with Crippen molar-refractivity contribution in [1.29, 1.82) is 0 Å². The van der Waals surface area contributed by atoms with E-state index in [-0.39, 0.29) is 11.9 Å². The van der Waals surface area contributed by atoms with Crippen molar-refractivity contribution in [3.05, 3.63) is 70.7 Å². The van der Waals surface area contributed by atoms with Crippen LogP contribution >= 0.6 is 11.3 Å². The number of hydrogen-bond acceptors (Lipinski definition) is 4. The van der Waals surface area contributed by atoms with Gasteiger partial charge in [0, 0.05) is 18.0 Å². The fraction of sp³-hybridized carbons (Fsp3) is 0.273. The van der Waals surface area contributed by atoms with Gasteiger partial charge in [0.1, 0.15) is 10.8 Å². The number of amides is 1. The van der Waals surface area contributed by atoms with Crippen molar-refractivity contribution in [1.82, 2.24) is 9.88 Å². The molecule has 0 spiro atoms. The lowest BCUT2D eigenvalue weighted by molar-refractivity contribution is -0.131. The zero-order valence-electron chi connectivity index (χ0n) is 16.1. The van der Waals surface area contributed by atoms with Gasteiger partial charge in [-0.25, -0.2) is 4.98 Å². The second-order valence-electron chi connectivity index (χ2n) is 6.64. The lowest BCUT2D eigenvalue weighted by atomic mass is 10.1. The van der Waals surface area contributed by atoms with Crippen molar-refractivity contribution in [2.75, 3.05) is 14.2 Å². The highest BCUT2D eigenvalue weighted by molar-refractivity contribution is 7.13. The predicted octanol–water partition coefficient (Wildman–Crippen LogP) is 4.89. The first-order chi connectivity index (χ1) is 13.0. The molecule has 1 unspecified atom stereocenters. The van der Waals surface area contributed by atoms with E-state index >= 15 is 0 Å². The number of benzene rings is 2. The van der Waals surface area contributed by atoms with Crippen molar-refractivity contribution in [2.24, 2.45) is 0 Å². The van der Waals surface area contributed by atoms with Crippen LogP contribution in [0.3, 0.4) is 0 Å². The van der Waals surface area contributed by atoms with Crippen LogP contribution in [-0.2, 0) is 11.2 Å². The molecule has 0 aliphatic heterocycles. The van der Waals surface area contributed by atoms with Gasteiger partial charge < -0.3 is 9.64 Å². The molecule has 3 rings (SSSR count). The molecule has 0 N–H and O–H groups in total. The van der Waals surface area contributed by atoms with E-state index < -0.39 is 0 Å². The summed E-state index contributed by atoms with van der Waals surface area (Å²) in [5.74, 6) is 0.866. The van der Waals surface area contributed by atoms with Crippen LogP contribution in [0.2, 0.25) is 0 Å². The van der Waals surface area contributed by atoms with E-state index in [2.05, 4.69) is 30.1 Å². The first kappa shape index (κ1) is 19.1. The van der Waals surface area contributed by atoms with E-state index in [9.17, 15) is 4.79 Å². The molecule has 1 aromatic heterocycles. The van der Waals surface area contributed by atoms with Crippen LogP contribution in [-0.4, -0.2) is 29.9 Å². The Morgan fingerprint density at radius 2 is 1.96 bits per heavy atom. The van der Waals surface area contributed by atoms with Crippen LogP contribution in [0.1, 0.15) is 29.8 Å². The minimum Gasteiger partial charge on any atom is -0.497 e. The lowest BCUT2D eigenvalue weighted by Crippen LogP contribution is -2.31. The molecular formula is C22H24N2O2S. The van der Waals surface area contributed by atoms with E-state index in [0.717, 1.165) is 27.6 Å². The Kier molecular flexibility index (Phi) is 5.91. The predicted molar refractivity (Wildman–Crippen MR) is 110 cm³/mol. The molecule has 0 aliphatic rings. The summed E-state index contributed by atoms with van der Waals surface area (Å²) < 4.78 is 5.19. The summed E-state index contributed by atoms with van der Waals surface area (Å²) in [7, 11) is 3.48. The molecule has 0 radical (unpaired) electrons. The second kappa shape index (κ2) is 8.35. The number of thiazole rings is 1. The van der Waals surface area contributed by atoms with Gasteiger partial charge in [-0.1, -0.05) is 35.9 Å². The second-order valence-corrected chi connectivity index (χ2v) is 7.50. The normalized spacial score (nSPS) is 11.9. The number of aromatic nitrogens is 1. The van der Waals surface area contributed by atoms with Crippen molar-refractivity contribution in [3.63, 3.8) is 0 Å². The number of likely N-dealkylation sites (N-methyl/N-ethyl adjacent to an activating group) is 1. The van der Waals surface area contributed by atoms with Crippen molar-refractivity contribution in [2.45, 2.75) is 26.3 Å². The van der Waals surface area contributed by atoms with Crippen LogP contribution in [0.15, 0.2) is 53.9 Å². The van der Waals surface area contributed by atoms with E-state index in [0.29, 0.717) is 6.42 Å². The Morgan fingerprint density at radius 1 is 1.22 bits per heavy atom. The quantitative estimate of drug-likeness (QED) is 0.611. The first-order valence-corrected chi connectivity index (χ1v) is 9.77.